The van der Waals surface area contributed by atoms with Crippen LogP contribution in [0.5, 0.6) is 0 Å². The number of tetrazole rings is 1. The van der Waals surface area contributed by atoms with Crippen LogP contribution in [0.1, 0.15) is 29.2 Å². The molecular weight excluding hydrogens is 266 g/mol. The smallest absolute Gasteiger partial charge is 0.336 e. The van der Waals surface area contributed by atoms with Crippen molar-refractivity contribution in [3.8, 4) is 0 Å². The molecule has 1 aliphatic rings. The van der Waals surface area contributed by atoms with E-state index in [1.54, 1.807) is 16.8 Å². The topological polar surface area (TPSA) is 107 Å². The van der Waals surface area contributed by atoms with E-state index in [2.05, 4.69) is 15.5 Å². The molecule has 1 heterocycles. The summed E-state index contributed by atoms with van der Waals surface area (Å²) in [5, 5.41) is 21.3. The molecule has 0 unspecified atom stereocenters. The van der Waals surface area contributed by atoms with Gasteiger partial charge in [-0.3, -0.25) is 0 Å². The minimum absolute atomic E-state index is 0.199. The van der Waals surface area contributed by atoms with Gasteiger partial charge in [0.15, 0.2) is 0 Å². The van der Waals surface area contributed by atoms with Gasteiger partial charge in [0.05, 0.1) is 11.6 Å². The monoisotopic (exact) mass is 277 g/mol. The Morgan fingerprint density at radius 2 is 2.26 bits per heavy atom. The van der Waals surface area contributed by atoms with Gasteiger partial charge in [-0.1, -0.05) is 0 Å². The van der Waals surface area contributed by atoms with E-state index >= 15 is 0 Å². The number of carboxylic acids is 1. The summed E-state index contributed by atoms with van der Waals surface area (Å²) in [5.74, 6) is -0.993. The zero-order valence-electron chi connectivity index (χ0n) is 9.85. The summed E-state index contributed by atoms with van der Waals surface area (Å²) in [5.41, 5.74) is 6.41. The van der Waals surface area contributed by atoms with Crippen LogP contribution in [-0.2, 0) is 0 Å². The van der Waals surface area contributed by atoms with Crippen LogP contribution in [0.2, 0.25) is 0 Å². The van der Waals surface area contributed by atoms with Gasteiger partial charge < -0.3 is 10.8 Å². The molecule has 0 spiro atoms. The van der Waals surface area contributed by atoms with Crippen molar-refractivity contribution < 1.29 is 9.90 Å². The lowest BCUT2D eigenvalue weighted by Crippen LogP contribution is -2.02. The molecule has 1 aliphatic carbocycles. The first kappa shape index (κ1) is 12.0. The number of carbonyl (C=O) groups is 1. The maximum absolute atomic E-state index is 11.2. The zero-order valence-corrected chi connectivity index (χ0v) is 10.7. The Balaban J connectivity index is 1.95. The third-order valence-corrected chi connectivity index (χ3v) is 3.80. The Labute approximate surface area is 112 Å². The molecule has 3 N–H and O–H groups in total. The summed E-state index contributed by atoms with van der Waals surface area (Å²) in [6.07, 6.45) is 2.11. The molecule has 7 nitrogen and oxygen atoms in total. The van der Waals surface area contributed by atoms with E-state index < -0.39 is 5.97 Å². The molecule has 0 saturated heterocycles. The standard InChI is InChI=1S/C11H11N5O2S/c12-6-1-4-8(10(17)18)9(5-6)19-11-13-14-15-16(11)7-2-3-7/h1,4-5,7H,2-3,12H2,(H,17,18). The summed E-state index contributed by atoms with van der Waals surface area (Å²) in [6.45, 7) is 0. The molecule has 1 saturated carbocycles. The SMILES string of the molecule is Nc1ccc(C(=O)O)c(Sc2nnnn2C2CC2)c1. The number of anilines is 1. The minimum Gasteiger partial charge on any atom is -0.478 e. The average Bonchev–Trinajstić information content (AvgIpc) is 3.10. The lowest BCUT2D eigenvalue weighted by molar-refractivity contribution is 0.0693. The van der Waals surface area contributed by atoms with E-state index in [0.29, 0.717) is 21.8 Å². The van der Waals surface area contributed by atoms with Gasteiger partial charge in [-0.15, -0.1) is 5.10 Å². The number of aromatic carboxylic acids is 1. The van der Waals surface area contributed by atoms with Gasteiger partial charge in [0.2, 0.25) is 5.16 Å². The summed E-state index contributed by atoms with van der Waals surface area (Å²) >= 11 is 1.22. The van der Waals surface area contributed by atoms with Crippen molar-refractivity contribution in [1.82, 2.24) is 20.2 Å². The quantitative estimate of drug-likeness (QED) is 0.814. The molecule has 0 radical (unpaired) electrons. The molecule has 3 rings (SSSR count). The van der Waals surface area contributed by atoms with E-state index in [1.165, 1.54) is 17.8 Å². The van der Waals surface area contributed by atoms with Gasteiger partial charge >= 0.3 is 5.97 Å². The van der Waals surface area contributed by atoms with Crippen LogP contribution in [-0.4, -0.2) is 31.3 Å². The van der Waals surface area contributed by atoms with Crippen molar-refractivity contribution in [3.05, 3.63) is 23.8 Å². The zero-order chi connectivity index (χ0) is 13.4. The van der Waals surface area contributed by atoms with Gasteiger partial charge in [-0.25, -0.2) is 9.48 Å². The first-order valence-corrected chi connectivity index (χ1v) is 6.55. The lowest BCUT2D eigenvalue weighted by atomic mass is 10.2. The fraction of sp³-hybridized carbons (Fsp3) is 0.273. The lowest BCUT2D eigenvalue weighted by Gasteiger charge is -2.06. The molecule has 19 heavy (non-hydrogen) atoms. The van der Waals surface area contributed by atoms with Crippen LogP contribution in [0, 0.1) is 0 Å². The Hall–Kier alpha value is -2.09. The second-order valence-corrected chi connectivity index (χ2v) is 5.31. The van der Waals surface area contributed by atoms with Crippen molar-refractivity contribution in [1.29, 1.82) is 0 Å². The third kappa shape index (κ3) is 2.39. The maximum Gasteiger partial charge on any atom is 0.336 e. The fourth-order valence-electron chi connectivity index (χ4n) is 1.70. The maximum atomic E-state index is 11.2. The highest BCUT2D eigenvalue weighted by Crippen LogP contribution is 2.38. The van der Waals surface area contributed by atoms with Crippen molar-refractivity contribution in [3.63, 3.8) is 0 Å². The number of aromatic nitrogens is 4. The molecule has 1 aromatic heterocycles. The number of hydrogen-bond donors (Lipinski definition) is 2. The van der Waals surface area contributed by atoms with Crippen molar-refractivity contribution >= 4 is 23.4 Å². The van der Waals surface area contributed by atoms with Gasteiger partial charge in [-0.05, 0) is 53.2 Å². The molecule has 1 fully saturated rings. The van der Waals surface area contributed by atoms with Gasteiger partial charge in [0, 0.05) is 10.6 Å². The first-order valence-electron chi connectivity index (χ1n) is 5.73. The first-order chi connectivity index (χ1) is 9.15. The second-order valence-electron chi connectivity index (χ2n) is 4.30. The summed E-state index contributed by atoms with van der Waals surface area (Å²) < 4.78 is 1.74. The number of benzene rings is 1. The molecule has 0 amide bonds. The van der Waals surface area contributed by atoms with Gasteiger partial charge in [-0.2, -0.15) is 0 Å². The van der Waals surface area contributed by atoms with Crippen molar-refractivity contribution in [2.24, 2.45) is 0 Å². The molecule has 98 valence electrons. The Kier molecular flexibility index (Phi) is 2.86. The minimum atomic E-state index is -0.993. The molecule has 2 aromatic rings. The third-order valence-electron chi connectivity index (χ3n) is 2.79. The second kappa shape index (κ2) is 4.54. The van der Waals surface area contributed by atoms with Crippen LogP contribution in [0.15, 0.2) is 28.3 Å². The Bertz CT molecular complexity index is 638. The predicted octanol–water partition coefficient (Wildman–Crippen LogP) is 1.44. The van der Waals surface area contributed by atoms with E-state index in [1.807, 2.05) is 0 Å². The van der Waals surface area contributed by atoms with Crippen LogP contribution in [0.25, 0.3) is 0 Å². The number of rotatable bonds is 4. The molecule has 8 heteroatoms. The fourth-order valence-corrected chi connectivity index (χ4v) is 2.71. The Morgan fingerprint density at radius 3 is 2.95 bits per heavy atom. The number of hydrogen-bond acceptors (Lipinski definition) is 6. The molecule has 1 aromatic carbocycles. The highest BCUT2D eigenvalue weighted by atomic mass is 32.2. The molecule has 0 bridgehead atoms. The average molecular weight is 277 g/mol. The number of nitrogens with zero attached hydrogens (tertiary/aromatic N) is 4. The molecule has 0 atom stereocenters. The van der Waals surface area contributed by atoms with Gasteiger partial charge in [0.1, 0.15) is 0 Å². The highest BCUT2D eigenvalue weighted by molar-refractivity contribution is 7.99. The van der Waals surface area contributed by atoms with Crippen LogP contribution < -0.4 is 5.73 Å². The van der Waals surface area contributed by atoms with Crippen LogP contribution in [0.4, 0.5) is 5.69 Å². The van der Waals surface area contributed by atoms with Gasteiger partial charge in [0.25, 0.3) is 0 Å². The normalized spacial score (nSPS) is 14.5. The number of nitrogen functional groups attached to an aromatic ring is 1. The summed E-state index contributed by atoms with van der Waals surface area (Å²) in [4.78, 5) is 11.7. The highest BCUT2D eigenvalue weighted by Gasteiger charge is 2.28. The van der Waals surface area contributed by atoms with Crippen LogP contribution in [0.3, 0.4) is 0 Å². The number of carboxylic acid groups (broad SMARTS) is 1. The van der Waals surface area contributed by atoms with E-state index in [4.69, 9.17) is 10.8 Å². The largest absolute Gasteiger partial charge is 0.478 e. The van der Waals surface area contributed by atoms with Crippen molar-refractivity contribution in [2.75, 3.05) is 5.73 Å². The summed E-state index contributed by atoms with van der Waals surface area (Å²) in [6, 6.07) is 5.02. The van der Waals surface area contributed by atoms with E-state index in [0.717, 1.165) is 12.8 Å². The Morgan fingerprint density at radius 1 is 1.47 bits per heavy atom. The summed E-state index contributed by atoms with van der Waals surface area (Å²) in [7, 11) is 0. The van der Waals surface area contributed by atoms with Crippen LogP contribution >= 0.6 is 11.8 Å². The van der Waals surface area contributed by atoms with E-state index in [9.17, 15) is 4.79 Å². The number of nitrogens with two attached hydrogens (primary N) is 1. The van der Waals surface area contributed by atoms with E-state index in [-0.39, 0.29) is 5.56 Å². The molecular formula is C11H11N5O2S. The predicted molar refractivity (Wildman–Crippen MR) is 68.0 cm³/mol. The van der Waals surface area contributed by atoms with Crippen molar-refractivity contribution in [2.45, 2.75) is 28.9 Å². The molecule has 0 aliphatic heterocycles.